The molecule has 12 heavy (non-hydrogen) atoms. The minimum absolute atomic E-state index is 0.123. The lowest BCUT2D eigenvalue weighted by molar-refractivity contribution is -0.00122. The molecule has 1 heterocycles. The topological polar surface area (TPSA) is 49.0 Å². The quantitative estimate of drug-likeness (QED) is 0.673. The maximum absolute atomic E-state index is 11.9. The molecular formula is C6H7F2N3O. The van der Waals surface area contributed by atoms with E-state index in [1.165, 1.54) is 12.4 Å². The fourth-order valence-corrected chi connectivity index (χ4v) is 0.660. The Balaban J connectivity index is 2.72. The predicted molar refractivity (Wildman–Crippen MR) is 36.7 cm³/mol. The Labute approximate surface area is 67.2 Å². The molecule has 0 bridgehead atoms. The third-order valence-corrected chi connectivity index (χ3v) is 1.36. The highest BCUT2D eigenvalue weighted by molar-refractivity contribution is 5.93. The fraction of sp³-hybridized carbons (Fsp3) is 0.333. The third kappa shape index (κ3) is 1.58. The summed E-state index contributed by atoms with van der Waals surface area (Å²) in [5, 5.41) is 5.83. The zero-order valence-electron chi connectivity index (χ0n) is 6.29. The van der Waals surface area contributed by atoms with E-state index < -0.39 is 12.5 Å². The number of aromatic amines is 1. The van der Waals surface area contributed by atoms with Crippen LogP contribution in [0.1, 0.15) is 10.4 Å². The van der Waals surface area contributed by atoms with Crippen molar-refractivity contribution in [1.29, 1.82) is 0 Å². The van der Waals surface area contributed by atoms with Gasteiger partial charge in [0.25, 0.3) is 5.91 Å². The van der Waals surface area contributed by atoms with Crippen LogP contribution in [-0.2, 0) is 0 Å². The van der Waals surface area contributed by atoms with Crippen LogP contribution in [0.3, 0.4) is 0 Å². The highest BCUT2D eigenvalue weighted by Crippen LogP contribution is 2.05. The lowest BCUT2D eigenvalue weighted by atomic mass is 10.3. The maximum atomic E-state index is 11.9. The molecule has 6 heteroatoms. The Bertz CT molecular complexity index is 260. The summed E-state index contributed by atoms with van der Waals surface area (Å²) in [4.78, 5) is 11.4. The summed E-state index contributed by atoms with van der Waals surface area (Å²) >= 11 is 0. The summed E-state index contributed by atoms with van der Waals surface area (Å²) in [6.45, 7) is -2.78. The molecule has 0 aromatic carbocycles. The molecule has 66 valence electrons. The molecule has 1 N–H and O–H groups in total. The van der Waals surface area contributed by atoms with Crippen LogP contribution in [0.2, 0.25) is 0 Å². The molecule has 4 nitrogen and oxygen atoms in total. The van der Waals surface area contributed by atoms with E-state index in [1.807, 2.05) is 0 Å². The number of amides is 1. The Morgan fingerprint density at radius 2 is 2.42 bits per heavy atom. The number of H-pyrrole nitrogens is 1. The second kappa shape index (κ2) is 3.29. The Kier molecular flexibility index (Phi) is 2.37. The summed E-state index contributed by atoms with van der Waals surface area (Å²) < 4.78 is 23.9. The van der Waals surface area contributed by atoms with Crippen LogP contribution < -0.4 is 0 Å². The molecule has 1 aromatic rings. The SMILES string of the molecule is CN(C(=O)c1cn[nH]c1)C(F)F. The van der Waals surface area contributed by atoms with E-state index in [2.05, 4.69) is 10.2 Å². The monoisotopic (exact) mass is 175 g/mol. The Morgan fingerprint density at radius 3 is 2.83 bits per heavy atom. The average molecular weight is 175 g/mol. The smallest absolute Gasteiger partial charge is 0.285 e. The van der Waals surface area contributed by atoms with Gasteiger partial charge in [-0.1, -0.05) is 0 Å². The fourth-order valence-electron chi connectivity index (χ4n) is 0.660. The molecule has 1 rings (SSSR count). The first-order chi connectivity index (χ1) is 5.63. The van der Waals surface area contributed by atoms with E-state index in [9.17, 15) is 13.6 Å². The first-order valence-corrected chi connectivity index (χ1v) is 3.17. The van der Waals surface area contributed by atoms with Gasteiger partial charge in [-0.2, -0.15) is 13.9 Å². The van der Waals surface area contributed by atoms with Crippen molar-refractivity contribution in [2.75, 3.05) is 7.05 Å². The van der Waals surface area contributed by atoms with Crippen LogP contribution in [0.5, 0.6) is 0 Å². The Morgan fingerprint density at radius 1 is 1.75 bits per heavy atom. The molecule has 0 aliphatic carbocycles. The second-order valence-corrected chi connectivity index (χ2v) is 2.18. The van der Waals surface area contributed by atoms with Crippen molar-refractivity contribution in [1.82, 2.24) is 15.1 Å². The van der Waals surface area contributed by atoms with Gasteiger partial charge in [-0.15, -0.1) is 0 Å². The van der Waals surface area contributed by atoms with Gasteiger partial charge < -0.3 is 0 Å². The number of carbonyl (C=O) groups excluding carboxylic acids is 1. The van der Waals surface area contributed by atoms with Gasteiger partial charge >= 0.3 is 6.55 Å². The average Bonchev–Trinajstić information content (AvgIpc) is 2.53. The third-order valence-electron chi connectivity index (χ3n) is 1.36. The number of alkyl halides is 2. The van der Waals surface area contributed by atoms with Gasteiger partial charge in [0.2, 0.25) is 0 Å². The molecule has 1 amide bonds. The Hall–Kier alpha value is -1.46. The molecule has 1 aromatic heterocycles. The van der Waals surface area contributed by atoms with Gasteiger partial charge in [0.15, 0.2) is 0 Å². The van der Waals surface area contributed by atoms with Crippen LogP contribution >= 0.6 is 0 Å². The van der Waals surface area contributed by atoms with Crippen LogP contribution in [0, 0.1) is 0 Å². The maximum Gasteiger partial charge on any atom is 0.317 e. The summed E-state index contributed by atoms with van der Waals surface area (Å²) in [6, 6.07) is 0. The number of carbonyl (C=O) groups is 1. The molecule has 0 saturated heterocycles. The molecule has 0 radical (unpaired) electrons. The van der Waals surface area contributed by atoms with E-state index in [0.29, 0.717) is 4.90 Å². The summed E-state index contributed by atoms with van der Waals surface area (Å²) in [5.74, 6) is -0.751. The first-order valence-electron chi connectivity index (χ1n) is 3.17. The van der Waals surface area contributed by atoms with Gasteiger partial charge in [-0.3, -0.25) is 14.8 Å². The zero-order chi connectivity index (χ0) is 9.14. The van der Waals surface area contributed by atoms with Crippen molar-refractivity contribution in [2.24, 2.45) is 0 Å². The van der Waals surface area contributed by atoms with E-state index >= 15 is 0 Å². The van der Waals surface area contributed by atoms with Crippen LogP contribution in [0.15, 0.2) is 12.4 Å². The zero-order valence-corrected chi connectivity index (χ0v) is 6.29. The molecule has 0 aliphatic heterocycles. The van der Waals surface area contributed by atoms with Gasteiger partial charge in [-0.05, 0) is 0 Å². The molecular weight excluding hydrogens is 168 g/mol. The molecule has 0 fully saturated rings. The number of hydrogen-bond acceptors (Lipinski definition) is 2. The van der Waals surface area contributed by atoms with Gasteiger partial charge in [-0.25, -0.2) is 0 Å². The molecule has 0 spiro atoms. The predicted octanol–water partition coefficient (Wildman–Crippen LogP) is 0.704. The highest BCUT2D eigenvalue weighted by Gasteiger charge is 2.19. The molecule has 0 aliphatic rings. The van der Waals surface area contributed by atoms with Crippen LogP contribution in [-0.4, -0.2) is 34.6 Å². The summed E-state index contributed by atoms with van der Waals surface area (Å²) in [6.07, 6.45) is 2.46. The van der Waals surface area contributed by atoms with Gasteiger partial charge in [0, 0.05) is 13.2 Å². The van der Waals surface area contributed by atoms with Crippen LogP contribution in [0.25, 0.3) is 0 Å². The van der Waals surface area contributed by atoms with Gasteiger partial charge in [0.05, 0.1) is 11.8 Å². The van der Waals surface area contributed by atoms with Crippen molar-refractivity contribution in [3.05, 3.63) is 18.0 Å². The van der Waals surface area contributed by atoms with Crippen molar-refractivity contribution >= 4 is 5.91 Å². The minimum Gasteiger partial charge on any atom is -0.285 e. The van der Waals surface area contributed by atoms with E-state index in [1.54, 1.807) is 0 Å². The highest BCUT2D eigenvalue weighted by atomic mass is 19.3. The largest absolute Gasteiger partial charge is 0.317 e. The second-order valence-electron chi connectivity index (χ2n) is 2.18. The van der Waals surface area contributed by atoms with E-state index in [4.69, 9.17) is 0 Å². The number of halogens is 2. The van der Waals surface area contributed by atoms with E-state index in [-0.39, 0.29) is 5.56 Å². The summed E-state index contributed by atoms with van der Waals surface area (Å²) in [7, 11) is 1.03. The lowest BCUT2D eigenvalue weighted by Gasteiger charge is -2.13. The van der Waals surface area contributed by atoms with E-state index in [0.717, 1.165) is 7.05 Å². The number of rotatable bonds is 2. The van der Waals surface area contributed by atoms with Crippen LogP contribution in [0.4, 0.5) is 8.78 Å². The number of hydrogen-bond donors (Lipinski definition) is 1. The standard InChI is InChI=1S/C6H7F2N3O/c1-11(6(7)8)5(12)4-2-9-10-3-4/h2-3,6H,1H3,(H,9,10). The first kappa shape index (κ1) is 8.63. The van der Waals surface area contributed by atoms with Crippen molar-refractivity contribution in [3.63, 3.8) is 0 Å². The number of aromatic nitrogens is 2. The summed E-state index contributed by atoms with van der Waals surface area (Å²) in [5.41, 5.74) is 0.123. The van der Waals surface area contributed by atoms with Crippen molar-refractivity contribution in [2.45, 2.75) is 6.55 Å². The molecule has 0 unspecified atom stereocenters. The number of nitrogens with one attached hydrogen (secondary N) is 1. The minimum atomic E-state index is -2.78. The van der Waals surface area contributed by atoms with Crippen molar-refractivity contribution < 1.29 is 13.6 Å². The molecule has 0 atom stereocenters. The molecule has 0 saturated carbocycles. The van der Waals surface area contributed by atoms with Crippen molar-refractivity contribution in [3.8, 4) is 0 Å². The lowest BCUT2D eigenvalue weighted by Crippen LogP contribution is -2.31. The number of nitrogens with zero attached hydrogens (tertiary/aromatic N) is 2. The normalized spacial score (nSPS) is 10.3. The van der Waals surface area contributed by atoms with Gasteiger partial charge in [0.1, 0.15) is 0 Å².